The molecule has 4 rings (SSSR count). The molecule has 5 nitrogen and oxygen atoms in total. The van der Waals surface area contributed by atoms with Crippen LogP contribution in [0.25, 0.3) is 0 Å². The molecule has 3 aromatic carbocycles. The Balaban J connectivity index is 1.54. The first-order valence-corrected chi connectivity index (χ1v) is 10.8. The molecule has 0 aliphatic rings. The summed E-state index contributed by atoms with van der Waals surface area (Å²) in [7, 11) is 0. The summed E-state index contributed by atoms with van der Waals surface area (Å²) in [6.45, 7) is 5.61. The van der Waals surface area contributed by atoms with Gasteiger partial charge in [-0.3, -0.25) is 0 Å². The van der Waals surface area contributed by atoms with Crippen LogP contribution in [0.5, 0.6) is 5.75 Å². The topological polar surface area (TPSA) is 53.4 Å². The van der Waals surface area contributed by atoms with Gasteiger partial charge in [-0.1, -0.05) is 85.4 Å². The van der Waals surface area contributed by atoms with E-state index in [1.54, 1.807) is 16.8 Å². The molecule has 33 heavy (non-hydrogen) atoms. The van der Waals surface area contributed by atoms with Crippen molar-refractivity contribution in [2.75, 3.05) is 6.61 Å². The van der Waals surface area contributed by atoms with Crippen molar-refractivity contribution in [1.82, 2.24) is 9.78 Å². The van der Waals surface area contributed by atoms with Crippen LogP contribution in [-0.2, 0) is 9.53 Å². The quantitative estimate of drug-likeness (QED) is 0.246. The minimum Gasteiger partial charge on any atom is -0.482 e. The lowest BCUT2D eigenvalue weighted by Gasteiger charge is -2.19. The van der Waals surface area contributed by atoms with E-state index in [9.17, 15) is 4.79 Å². The second-order valence-corrected chi connectivity index (χ2v) is 7.80. The Bertz CT molecular complexity index is 1150. The molecular formula is C28H26N2O3. The van der Waals surface area contributed by atoms with Gasteiger partial charge in [-0.25, -0.2) is 9.48 Å². The molecule has 1 unspecified atom stereocenters. The van der Waals surface area contributed by atoms with E-state index in [0.717, 1.165) is 16.7 Å². The first kappa shape index (κ1) is 22.1. The zero-order valence-corrected chi connectivity index (χ0v) is 18.5. The maximum absolute atomic E-state index is 12.5. The van der Waals surface area contributed by atoms with Gasteiger partial charge in [0.2, 0.25) is 6.23 Å². The third-order valence-corrected chi connectivity index (χ3v) is 5.23. The number of para-hydroxylation sites is 1. The molecule has 1 heterocycles. The van der Waals surface area contributed by atoms with Crippen LogP contribution in [0.4, 0.5) is 0 Å². The van der Waals surface area contributed by atoms with Crippen LogP contribution in [0, 0.1) is 0 Å². The number of hydrogen-bond donors (Lipinski definition) is 0. The van der Waals surface area contributed by atoms with Gasteiger partial charge in [-0.2, -0.15) is 5.10 Å². The number of ether oxygens (including phenoxy) is 2. The normalized spacial score (nSPS) is 11.7. The third-order valence-electron chi connectivity index (χ3n) is 5.23. The summed E-state index contributed by atoms with van der Waals surface area (Å²) in [5.74, 6) is 0.117. The van der Waals surface area contributed by atoms with E-state index in [1.807, 2.05) is 73.9 Å². The van der Waals surface area contributed by atoms with Crippen molar-refractivity contribution in [3.63, 3.8) is 0 Å². The molecule has 1 aromatic heterocycles. The van der Waals surface area contributed by atoms with Crippen molar-refractivity contribution in [2.24, 2.45) is 0 Å². The molecule has 0 aliphatic heterocycles. The molecule has 0 fully saturated rings. The van der Waals surface area contributed by atoms with Crippen LogP contribution in [0.2, 0.25) is 0 Å². The number of aromatic nitrogens is 2. The summed E-state index contributed by atoms with van der Waals surface area (Å²) in [6, 6.07) is 29.7. The van der Waals surface area contributed by atoms with Gasteiger partial charge in [0.1, 0.15) is 5.75 Å². The Morgan fingerprint density at radius 1 is 0.879 bits per heavy atom. The molecular weight excluding hydrogens is 412 g/mol. The van der Waals surface area contributed by atoms with Crippen molar-refractivity contribution in [1.29, 1.82) is 0 Å². The Morgan fingerprint density at radius 2 is 1.42 bits per heavy atom. The van der Waals surface area contributed by atoms with Gasteiger partial charge < -0.3 is 9.47 Å². The van der Waals surface area contributed by atoms with Gasteiger partial charge in [0, 0.05) is 17.7 Å². The molecule has 0 amide bonds. The lowest BCUT2D eigenvalue weighted by molar-refractivity contribution is -0.154. The zero-order valence-electron chi connectivity index (χ0n) is 18.5. The lowest BCUT2D eigenvalue weighted by Crippen LogP contribution is -2.22. The van der Waals surface area contributed by atoms with Crippen LogP contribution in [0.1, 0.15) is 35.8 Å². The predicted molar refractivity (Wildman–Crippen MR) is 128 cm³/mol. The van der Waals surface area contributed by atoms with Gasteiger partial charge in [-0.05, 0) is 35.8 Å². The Hall–Kier alpha value is -4.12. The van der Waals surface area contributed by atoms with Gasteiger partial charge in [0.15, 0.2) is 6.61 Å². The second kappa shape index (κ2) is 10.5. The van der Waals surface area contributed by atoms with Crippen LogP contribution >= 0.6 is 0 Å². The second-order valence-electron chi connectivity index (χ2n) is 7.80. The summed E-state index contributed by atoms with van der Waals surface area (Å²) < 4.78 is 12.8. The fourth-order valence-electron chi connectivity index (χ4n) is 3.70. The van der Waals surface area contributed by atoms with Gasteiger partial charge in [0.05, 0.1) is 6.20 Å². The number of nitrogens with zero attached hydrogens (tertiary/aromatic N) is 2. The molecule has 1 atom stereocenters. The van der Waals surface area contributed by atoms with Crippen molar-refractivity contribution >= 4 is 5.97 Å². The van der Waals surface area contributed by atoms with E-state index in [0.29, 0.717) is 11.3 Å². The number of benzene rings is 3. The Morgan fingerprint density at radius 3 is 1.97 bits per heavy atom. The fourth-order valence-corrected chi connectivity index (χ4v) is 3.70. The molecule has 166 valence electrons. The third kappa shape index (κ3) is 5.57. The predicted octanol–water partition coefficient (Wildman–Crippen LogP) is 5.76. The van der Waals surface area contributed by atoms with Crippen molar-refractivity contribution in [2.45, 2.75) is 19.1 Å². The highest BCUT2D eigenvalue weighted by Crippen LogP contribution is 2.32. The number of carbonyl (C=O) groups excluding carboxylic acids is 1. The van der Waals surface area contributed by atoms with Crippen molar-refractivity contribution < 1.29 is 14.3 Å². The number of carbonyl (C=O) groups is 1. The largest absolute Gasteiger partial charge is 0.482 e. The summed E-state index contributed by atoms with van der Waals surface area (Å²) in [5.41, 5.74) is 3.97. The van der Waals surface area contributed by atoms with Gasteiger partial charge in [0.25, 0.3) is 0 Å². The average Bonchev–Trinajstić information content (AvgIpc) is 3.32. The molecule has 0 saturated heterocycles. The van der Waals surface area contributed by atoms with E-state index >= 15 is 0 Å². The van der Waals surface area contributed by atoms with E-state index < -0.39 is 12.2 Å². The molecule has 5 heteroatoms. The molecule has 0 N–H and O–H groups in total. The van der Waals surface area contributed by atoms with Crippen molar-refractivity contribution in [3.8, 4) is 5.75 Å². The fraction of sp³-hybridized carbons (Fsp3) is 0.143. The number of esters is 1. The van der Waals surface area contributed by atoms with Gasteiger partial charge in [-0.15, -0.1) is 0 Å². The number of rotatable bonds is 9. The monoisotopic (exact) mass is 438 g/mol. The van der Waals surface area contributed by atoms with Crippen LogP contribution in [0.3, 0.4) is 0 Å². The van der Waals surface area contributed by atoms with Crippen LogP contribution < -0.4 is 4.74 Å². The highest BCUT2D eigenvalue weighted by molar-refractivity contribution is 5.71. The molecule has 0 bridgehead atoms. The van der Waals surface area contributed by atoms with Crippen LogP contribution in [-0.4, -0.2) is 22.4 Å². The van der Waals surface area contributed by atoms with E-state index in [1.165, 1.54) is 0 Å². The molecule has 0 spiro atoms. The molecule has 0 aliphatic carbocycles. The zero-order chi connectivity index (χ0) is 23.0. The summed E-state index contributed by atoms with van der Waals surface area (Å²) >= 11 is 0. The summed E-state index contributed by atoms with van der Waals surface area (Å²) in [4.78, 5) is 12.5. The summed E-state index contributed by atoms with van der Waals surface area (Å²) in [5, 5.41) is 4.52. The molecule has 0 saturated carbocycles. The molecule has 4 aromatic rings. The van der Waals surface area contributed by atoms with E-state index in [-0.39, 0.29) is 12.5 Å². The highest BCUT2D eigenvalue weighted by Gasteiger charge is 2.23. The first-order valence-electron chi connectivity index (χ1n) is 10.8. The Kier molecular flexibility index (Phi) is 7.00. The summed E-state index contributed by atoms with van der Waals surface area (Å²) in [6.07, 6.45) is 3.00. The number of hydrogen-bond acceptors (Lipinski definition) is 4. The lowest BCUT2D eigenvalue weighted by atomic mass is 9.87. The maximum atomic E-state index is 12.5. The van der Waals surface area contributed by atoms with Crippen molar-refractivity contribution in [3.05, 3.63) is 132 Å². The highest BCUT2D eigenvalue weighted by atomic mass is 16.6. The van der Waals surface area contributed by atoms with E-state index in [4.69, 9.17) is 9.47 Å². The van der Waals surface area contributed by atoms with E-state index in [2.05, 4.69) is 35.9 Å². The van der Waals surface area contributed by atoms with Gasteiger partial charge >= 0.3 is 5.97 Å². The maximum Gasteiger partial charge on any atom is 0.346 e. The molecule has 0 radical (unpaired) electrons. The SMILES string of the molecule is C=C(C)C(OC(=O)COc1ccccc1)n1cc(C(c2ccccc2)c2ccccc2)cn1. The Labute approximate surface area is 193 Å². The minimum absolute atomic E-state index is 0.00374. The van der Waals surface area contributed by atoms with Crippen LogP contribution in [0.15, 0.2) is 116 Å². The first-order chi connectivity index (χ1) is 16.1. The average molecular weight is 439 g/mol. The standard InChI is InChI=1S/C28H26N2O3/c1-21(2)28(33-26(31)20-32-25-16-10-5-11-17-25)30-19-24(18-29-30)27(22-12-6-3-7-13-22)23-14-8-4-9-15-23/h3-19,27-28H,1,20H2,2H3. The minimum atomic E-state index is -0.724. The smallest absolute Gasteiger partial charge is 0.346 e.